The summed E-state index contributed by atoms with van der Waals surface area (Å²) >= 11 is 0. The summed E-state index contributed by atoms with van der Waals surface area (Å²) in [7, 11) is 1.64. The van der Waals surface area contributed by atoms with Gasteiger partial charge in [-0.1, -0.05) is 30.7 Å². The Morgan fingerprint density at radius 1 is 0.949 bits per heavy atom. The summed E-state index contributed by atoms with van der Waals surface area (Å²) in [5.74, 6) is -1.94. The predicted molar refractivity (Wildman–Crippen MR) is 155 cm³/mol. The Hall–Kier alpha value is -2.90. The van der Waals surface area contributed by atoms with Crippen molar-refractivity contribution in [2.24, 2.45) is 0 Å². The molecule has 0 bridgehead atoms. The summed E-state index contributed by atoms with van der Waals surface area (Å²) < 4.78 is 5.63. The number of anilines is 1. The summed E-state index contributed by atoms with van der Waals surface area (Å²) in [4.78, 5) is 25.8. The molecule has 1 aliphatic rings. The molecule has 0 unspecified atom stereocenters. The van der Waals surface area contributed by atoms with Crippen LogP contribution in [0.4, 0.5) is 5.69 Å². The molecule has 0 spiro atoms. The first kappa shape index (κ1) is 30.6. The van der Waals surface area contributed by atoms with Crippen molar-refractivity contribution >= 4 is 17.6 Å². The second-order valence-electron chi connectivity index (χ2n) is 10.9. The minimum absolute atomic E-state index is 0.232. The van der Waals surface area contributed by atoms with Gasteiger partial charge < -0.3 is 25.2 Å². The number of hydrogen-bond donors (Lipinski definition) is 3. The molecule has 2 aromatic rings. The van der Waals surface area contributed by atoms with E-state index in [1.165, 1.54) is 52.0 Å². The molecule has 2 aromatic carbocycles. The number of aryl methyl sites for hydroxylation is 5. The van der Waals surface area contributed by atoms with E-state index >= 15 is 0 Å². The number of aliphatic hydroxyl groups is 1. The van der Waals surface area contributed by atoms with Crippen molar-refractivity contribution in [2.45, 2.75) is 90.3 Å². The first-order valence-electron chi connectivity index (χ1n) is 14.5. The van der Waals surface area contributed by atoms with Crippen LogP contribution in [0, 0.1) is 13.8 Å². The number of carbonyl (C=O) groups excluding carboxylic acids is 1. The van der Waals surface area contributed by atoms with Gasteiger partial charge in [0.25, 0.3) is 5.91 Å². The highest BCUT2D eigenvalue weighted by Gasteiger charge is 2.34. The fourth-order valence-electron chi connectivity index (χ4n) is 5.10. The molecule has 1 amide bonds. The zero-order valence-corrected chi connectivity index (χ0v) is 23.9. The maximum Gasteiger partial charge on any atom is 0.335 e. The molecule has 214 valence electrons. The van der Waals surface area contributed by atoms with Crippen LogP contribution in [0.2, 0.25) is 0 Å². The van der Waals surface area contributed by atoms with E-state index < -0.39 is 24.1 Å². The van der Waals surface area contributed by atoms with Gasteiger partial charge in [0.2, 0.25) is 0 Å². The van der Waals surface area contributed by atoms with Gasteiger partial charge in [0.05, 0.1) is 0 Å². The van der Waals surface area contributed by atoms with Crippen molar-refractivity contribution < 1.29 is 24.5 Å². The Morgan fingerprint density at radius 2 is 1.72 bits per heavy atom. The Labute approximate surface area is 233 Å². The lowest BCUT2D eigenvalue weighted by molar-refractivity contribution is -0.166. The summed E-state index contributed by atoms with van der Waals surface area (Å²) in [6.07, 6.45) is 6.56. The lowest BCUT2D eigenvalue weighted by Crippen LogP contribution is -2.48. The number of carbonyl (C=O) groups is 2. The van der Waals surface area contributed by atoms with Gasteiger partial charge in [-0.25, -0.2) is 4.79 Å². The van der Waals surface area contributed by atoms with Gasteiger partial charge in [-0.15, -0.1) is 0 Å². The normalized spacial score (nSPS) is 14.1. The van der Waals surface area contributed by atoms with Crippen molar-refractivity contribution in [3.05, 3.63) is 64.2 Å². The minimum Gasteiger partial charge on any atom is -0.479 e. The SMILES string of the molecule is Cc1ccc(CCCCCO[C@@H](C(=O)N(C)CCCCCNc2ccc3c(c2)CCC3)[C@@H](O)C(=O)O)cc1C. The standard InChI is InChI=1S/C32H46N2O5/c1-23-14-15-25(21-24(23)2)11-6-4-9-20-39-30(29(35)32(37)38)31(36)34(3)19-8-5-7-18-33-28-17-16-26-12-10-13-27(26)22-28/h14-17,21-22,29-30,33,35H,4-13,18-20H2,1-3H3,(H,37,38)/t29-,30-/m1/s1. The van der Waals surface area contributed by atoms with E-state index in [0.29, 0.717) is 13.0 Å². The number of aliphatic hydroxyl groups excluding tert-OH is 1. The molecule has 0 aliphatic heterocycles. The quantitative estimate of drug-likeness (QED) is 0.243. The fraction of sp³-hybridized carbons (Fsp3) is 0.562. The third kappa shape index (κ3) is 9.66. The topological polar surface area (TPSA) is 99.1 Å². The van der Waals surface area contributed by atoms with E-state index in [4.69, 9.17) is 4.74 Å². The summed E-state index contributed by atoms with van der Waals surface area (Å²) in [6.45, 7) is 5.80. The zero-order chi connectivity index (χ0) is 28.2. The van der Waals surface area contributed by atoms with Crippen LogP contribution >= 0.6 is 0 Å². The van der Waals surface area contributed by atoms with Crippen molar-refractivity contribution in [1.29, 1.82) is 0 Å². The number of hydrogen-bond acceptors (Lipinski definition) is 5. The Kier molecular flexibility index (Phi) is 12.3. The highest BCUT2D eigenvalue weighted by molar-refractivity contribution is 5.87. The highest BCUT2D eigenvalue weighted by Crippen LogP contribution is 2.25. The van der Waals surface area contributed by atoms with Crippen LogP contribution in [0.25, 0.3) is 0 Å². The van der Waals surface area contributed by atoms with E-state index in [0.717, 1.165) is 50.8 Å². The molecule has 3 rings (SSSR count). The smallest absolute Gasteiger partial charge is 0.335 e. The highest BCUT2D eigenvalue weighted by atomic mass is 16.5. The van der Waals surface area contributed by atoms with Crippen molar-refractivity contribution in [3.8, 4) is 0 Å². The minimum atomic E-state index is -1.88. The van der Waals surface area contributed by atoms with Crippen LogP contribution in [0.3, 0.4) is 0 Å². The van der Waals surface area contributed by atoms with Crippen LogP contribution in [0.5, 0.6) is 0 Å². The molecule has 0 fully saturated rings. The number of fused-ring (bicyclic) bond motifs is 1. The average Bonchev–Trinajstić information content (AvgIpc) is 3.39. The number of amides is 1. The van der Waals surface area contributed by atoms with Gasteiger partial charge in [0.1, 0.15) is 0 Å². The van der Waals surface area contributed by atoms with Crippen LogP contribution in [0.1, 0.15) is 72.8 Å². The number of benzene rings is 2. The van der Waals surface area contributed by atoms with Gasteiger partial charge in [-0.2, -0.15) is 0 Å². The molecule has 0 saturated carbocycles. The first-order chi connectivity index (χ1) is 18.8. The number of carboxylic acid groups (broad SMARTS) is 1. The number of aliphatic carboxylic acids is 1. The predicted octanol–water partition coefficient (Wildman–Crippen LogP) is 5.08. The van der Waals surface area contributed by atoms with E-state index in [-0.39, 0.29) is 6.61 Å². The molecule has 7 nitrogen and oxygen atoms in total. The molecule has 2 atom stereocenters. The maximum atomic E-state index is 12.9. The third-order valence-electron chi connectivity index (χ3n) is 7.74. The fourth-order valence-corrected chi connectivity index (χ4v) is 5.10. The molecule has 1 aliphatic carbocycles. The molecular weight excluding hydrogens is 492 g/mol. The van der Waals surface area contributed by atoms with Crippen LogP contribution in [0.15, 0.2) is 36.4 Å². The Bertz CT molecular complexity index is 1090. The van der Waals surface area contributed by atoms with Gasteiger partial charge >= 0.3 is 5.97 Å². The van der Waals surface area contributed by atoms with Gasteiger partial charge in [-0.05, 0) is 112 Å². The van der Waals surface area contributed by atoms with Gasteiger partial charge in [0, 0.05) is 32.4 Å². The molecule has 0 heterocycles. The van der Waals surface area contributed by atoms with Crippen molar-refractivity contribution in [2.75, 3.05) is 32.1 Å². The third-order valence-corrected chi connectivity index (χ3v) is 7.74. The largest absolute Gasteiger partial charge is 0.479 e. The summed E-state index contributed by atoms with van der Waals surface area (Å²) in [5.41, 5.74) is 7.96. The summed E-state index contributed by atoms with van der Waals surface area (Å²) in [6, 6.07) is 13.1. The summed E-state index contributed by atoms with van der Waals surface area (Å²) in [5, 5.41) is 22.9. The Morgan fingerprint density at radius 3 is 2.49 bits per heavy atom. The van der Waals surface area contributed by atoms with Crippen molar-refractivity contribution in [1.82, 2.24) is 4.90 Å². The van der Waals surface area contributed by atoms with Gasteiger partial charge in [0.15, 0.2) is 12.2 Å². The van der Waals surface area contributed by atoms with E-state index in [9.17, 15) is 19.8 Å². The Balaban J connectivity index is 1.33. The molecule has 3 N–H and O–H groups in total. The lowest BCUT2D eigenvalue weighted by Gasteiger charge is -2.25. The van der Waals surface area contributed by atoms with Crippen LogP contribution in [-0.2, 0) is 33.6 Å². The van der Waals surface area contributed by atoms with E-state index in [2.05, 4.69) is 55.6 Å². The monoisotopic (exact) mass is 538 g/mol. The molecule has 39 heavy (non-hydrogen) atoms. The number of ether oxygens (including phenoxy) is 1. The van der Waals surface area contributed by atoms with Gasteiger partial charge in [-0.3, -0.25) is 4.79 Å². The number of rotatable bonds is 17. The number of unbranched alkanes of at least 4 members (excludes halogenated alkanes) is 4. The molecule has 0 aromatic heterocycles. The lowest BCUT2D eigenvalue weighted by atomic mass is 10.0. The first-order valence-corrected chi connectivity index (χ1v) is 14.5. The molecule has 7 heteroatoms. The second kappa shape index (κ2) is 15.6. The van der Waals surface area contributed by atoms with Crippen LogP contribution < -0.4 is 5.32 Å². The number of nitrogens with zero attached hydrogens (tertiary/aromatic N) is 1. The second-order valence-corrected chi connectivity index (χ2v) is 10.9. The maximum absolute atomic E-state index is 12.9. The average molecular weight is 539 g/mol. The molecule has 0 radical (unpaired) electrons. The van der Waals surface area contributed by atoms with E-state index in [1.54, 1.807) is 7.05 Å². The number of carboxylic acids is 1. The zero-order valence-electron chi connectivity index (χ0n) is 23.9. The number of nitrogens with one attached hydrogen (secondary N) is 1. The molecular formula is C32H46N2O5. The number of likely N-dealkylation sites (N-methyl/N-ethyl adjacent to an activating group) is 1. The molecule has 0 saturated heterocycles. The van der Waals surface area contributed by atoms with Crippen LogP contribution in [-0.4, -0.2) is 65.9 Å². The van der Waals surface area contributed by atoms with Crippen molar-refractivity contribution in [3.63, 3.8) is 0 Å². The van der Waals surface area contributed by atoms with E-state index in [1.807, 2.05) is 0 Å².